The lowest BCUT2D eigenvalue weighted by Gasteiger charge is -2.25. The van der Waals surface area contributed by atoms with Gasteiger partial charge < -0.3 is 15.4 Å². The molecule has 0 bridgehead atoms. The first kappa shape index (κ1) is 20.1. The minimum atomic E-state index is 0.534. The highest BCUT2D eigenvalue weighted by Gasteiger charge is 2.24. The fourth-order valence-corrected chi connectivity index (χ4v) is 3.50. The summed E-state index contributed by atoms with van der Waals surface area (Å²) in [5.41, 5.74) is 2.44. The van der Waals surface area contributed by atoms with Gasteiger partial charge in [0.1, 0.15) is 0 Å². The van der Waals surface area contributed by atoms with Crippen LogP contribution >= 0.6 is 0 Å². The van der Waals surface area contributed by atoms with Crippen LogP contribution < -0.4 is 15.4 Å². The molecule has 0 spiro atoms. The third-order valence-electron chi connectivity index (χ3n) is 5.00. The number of benzene rings is 1. The second kappa shape index (κ2) is 10.7. The topological polar surface area (TPSA) is 61.8 Å². The van der Waals surface area contributed by atoms with Gasteiger partial charge in [0.15, 0.2) is 5.96 Å². The Morgan fingerprint density at radius 3 is 2.75 bits per heavy atom. The van der Waals surface area contributed by atoms with Crippen LogP contribution in [0, 0.1) is 0 Å². The van der Waals surface area contributed by atoms with Crippen LogP contribution in [0.3, 0.4) is 0 Å². The molecule has 1 aromatic carbocycles. The van der Waals surface area contributed by atoms with Gasteiger partial charge in [-0.05, 0) is 37.4 Å². The van der Waals surface area contributed by atoms with Crippen molar-refractivity contribution in [2.24, 2.45) is 4.99 Å². The number of aromatic nitrogens is 1. The summed E-state index contributed by atoms with van der Waals surface area (Å²) in [5.74, 6) is 1.47. The minimum absolute atomic E-state index is 0.534. The number of aliphatic imine (C=N–C) groups is 1. The maximum atomic E-state index is 5.11. The molecule has 2 N–H and O–H groups in total. The average Bonchev–Trinajstić information content (AvgIpc) is 3.18. The van der Waals surface area contributed by atoms with E-state index in [4.69, 9.17) is 9.73 Å². The first-order chi connectivity index (χ1) is 13.8. The molecule has 150 valence electrons. The molecule has 2 aromatic rings. The van der Waals surface area contributed by atoms with Crippen molar-refractivity contribution >= 4 is 5.96 Å². The zero-order chi connectivity index (χ0) is 19.6. The summed E-state index contributed by atoms with van der Waals surface area (Å²) in [6, 6.07) is 15.1. The van der Waals surface area contributed by atoms with Gasteiger partial charge in [0.25, 0.3) is 0 Å². The maximum absolute atomic E-state index is 5.11. The maximum Gasteiger partial charge on any atom is 0.212 e. The van der Waals surface area contributed by atoms with Crippen molar-refractivity contribution in [2.45, 2.75) is 38.9 Å². The number of nitrogens with one attached hydrogen (secondary N) is 2. The van der Waals surface area contributed by atoms with Crippen molar-refractivity contribution < 1.29 is 4.74 Å². The molecule has 1 aliphatic heterocycles. The summed E-state index contributed by atoms with van der Waals surface area (Å²) in [6.07, 6.45) is 4.29. The third-order valence-corrected chi connectivity index (χ3v) is 5.00. The summed E-state index contributed by atoms with van der Waals surface area (Å²) in [6.45, 7) is 6.59. The first-order valence-corrected chi connectivity index (χ1v) is 10.1. The lowest BCUT2D eigenvalue weighted by molar-refractivity contribution is 0.245. The summed E-state index contributed by atoms with van der Waals surface area (Å²) < 4.78 is 5.11. The van der Waals surface area contributed by atoms with Gasteiger partial charge in [-0.15, -0.1) is 0 Å². The van der Waals surface area contributed by atoms with Crippen LogP contribution in [0.15, 0.2) is 53.7 Å². The predicted molar refractivity (Wildman–Crippen MR) is 113 cm³/mol. The number of guanidine groups is 1. The minimum Gasteiger partial charge on any atom is -0.481 e. The van der Waals surface area contributed by atoms with Crippen molar-refractivity contribution in [2.75, 3.05) is 26.7 Å². The van der Waals surface area contributed by atoms with Crippen LogP contribution in [0.1, 0.15) is 30.9 Å². The van der Waals surface area contributed by atoms with Gasteiger partial charge in [-0.1, -0.05) is 36.4 Å². The van der Waals surface area contributed by atoms with Crippen molar-refractivity contribution in [3.63, 3.8) is 0 Å². The van der Waals surface area contributed by atoms with Crippen molar-refractivity contribution in [1.29, 1.82) is 0 Å². The number of rotatable bonds is 8. The van der Waals surface area contributed by atoms with E-state index in [1.807, 2.05) is 18.3 Å². The molecule has 0 saturated carbocycles. The van der Waals surface area contributed by atoms with Gasteiger partial charge >= 0.3 is 0 Å². The Balaban J connectivity index is 1.54. The summed E-state index contributed by atoms with van der Waals surface area (Å²) in [4.78, 5) is 11.5. The summed E-state index contributed by atoms with van der Waals surface area (Å²) >= 11 is 0. The van der Waals surface area contributed by atoms with Gasteiger partial charge in [0.2, 0.25) is 5.88 Å². The standard InChI is InChI=1S/C22H31N5O/c1-3-23-22(25-15-19-11-12-21(28-2)24-14-19)26-16-20-10-7-13-27(20)17-18-8-5-4-6-9-18/h4-6,8-9,11-12,14,20H,3,7,10,13,15-17H2,1-2H3,(H2,23,25,26). The van der Waals surface area contributed by atoms with Crippen molar-refractivity contribution in [3.8, 4) is 5.88 Å². The number of hydrogen-bond acceptors (Lipinski definition) is 4. The molecule has 1 fully saturated rings. The van der Waals surface area contributed by atoms with Gasteiger partial charge in [-0.2, -0.15) is 0 Å². The van der Waals surface area contributed by atoms with E-state index in [-0.39, 0.29) is 0 Å². The number of hydrogen-bond donors (Lipinski definition) is 2. The molecule has 2 heterocycles. The molecule has 0 radical (unpaired) electrons. The number of nitrogens with zero attached hydrogens (tertiary/aromatic N) is 3. The molecule has 3 rings (SSSR count). The fraction of sp³-hybridized carbons (Fsp3) is 0.455. The van der Waals surface area contributed by atoms with E-state index in [1.165, 1.54) is 18.4 Å². The molecule has 0 aliphatic carbocycles. The molecule has 1 aromatic heterocycles. The van der Waals surface area contributed by atoms with Gasteiger partial charge in [-0.3, -0.25) is 4.90 Å². The van der Waals surface area contributed by atoms with Crippen LogP contribution in [-0.4, -0.2) is 48.6 Å². The van der Waals surface area contributed by atoms with Crippen LogP contribution in [-0.2, 0) is 13.1 Å². The van der Waals surface area contributed by atoms with E-state index in [1.54, 1.807) is 7.11 Å². The average molecular weight is 382 g/mol. The van der Waals surface area contributed by atoms with Gasteiger partial charge in [-0.25, -0.2) is 9.98 Å². The van der Waals surface area contributed by atoms with E-state index in [0.29, 0.717) is 18.5 Å². The van der Waals surface area contributed by atoms with E-state index < -0.39 is 0 Å². The molecular formula is C22H31N5O. The number of ether oxygens (including phenoxy) is 1. The van der Waals surface area contributed by atoms with Gasteiger partial charge in [0.05, 0.1) is 13.7 Å². The normalized spacial score (nSPS) is 17.5. The summed E-state index contributed by atoms with van der Waals surface area (Å²) in [5, 5.41) is 6.86. The van der Waals surface area contributed by atoms with Crippen molar-refractivity contribution in [1.82, 2.24) is 20.5 Å². The Hall–Kier alpha value is -2.60. The Morgan fingerprint density at radius 2 is 2.04 bits per heavy atom. The quantitative estimate of drug-likeness (QED) is 0.544. The second-order valence-electron chi connectivity index (χ2n) is 7.04. The Morgan fingerprint density at radius 1 is 1.18 bits per heavy atom. The molecule has 1 saturated heterocycles. The number of methoxy groups -OCH3 is 1. The molecule has 6 nitrogen and oxygen atoms in total. The molecule has 1 atom stereocenters. The highest BCUT2D eigenvalue weighted by Crippen LogP contribution is 2.19. The first-order valence-electron chi connectivity index (χ1n) is 10.1. The lowest BCUT2D eigenvalue weighted by Crippen LogP contribution is -2.44. The lowest BCUT2D eigenvalue weighted by atomic mass is 10.2. The molecule has 6 heteroatoms. The van der Waals surface area contributed by atoms with Crippen LogP contribution in [0.25, 0.3) is 0 Å². The van der Waals surface area contributed by atoms with Crippen LogP contribution in [0.4, 0.5) is 0 Å². The fourth-order valence-electron chi connectivity index (χ4n) is 3.50. The van der Waals surface area contributed by atoms with Crippen LogP contribution in [0.5, 0.6) is 5.88 Å². The van der Waals surface area contributed by atoms with E-state index in [9.17, 15) is 0 Å². The van der Waals surface area contributed by atoms with Crippen LogP contribution in [0.2, 0.25) is 0 Å². The molecule has 1 aliphatic rings. The predicted octanol–water partition coefficient (Wildman–Crippen LogP) is 2.81. The number of pyridine rings is 1. The smallest absolute Gasteiger partial charge is 0.212 e. The van der Waals surface area contributed by atoms with Gasteiger partial charge in [0, 0.05) is 37.9 Å². The Bertz CT molecular complexity index is 732. The zero-order valence-electron chi connectivity index (χ0n) is 16.9. The third kappa shape index (κ3) is 5.96. The summed E-state index contributed by atoms with van der Waals surface area (Å²) in [7, 11) is 1.62. The second-order valence-corrected chi connectivity index (χ2v) is 7.04. The molecule has 0 amide bonds. The van der Waals surface area contributed by atoms with E-state index in [0.717, 1.165) is 37.7 Å². The van der Waals surface area contributed by atoms with Crippen molar-refractivity contribution in [3.05, 3.63) is 59.8 Å². The molecular weight excluding hydrogens is 350 g/mol. The monoisotopic (exact) mass is 381 g/mol. The van der Waals surface area contributed by atoms with E-state index in [2.05, 4.69) is 57.8 Å². The largest absolute Gasteiger partial charge is 0.481 e. The SMILES string of the molecule is CCNC(=NCc1ccc(OC)nc1)NCC1CCCN1Cc1ccccc1. The van der Waals surface area contributed by atoms with E-state index >= 15 is 0 Å². The Labute approximate surface area is 168 Å². The highest BCUT2D eigenvalue weighted by atomic mass is 16.5. The Kier molecular flexibility index (Phi) is 7.67. The molecule has 28 heavy (non-hydrogen) atoms. The zero-order valence-corrected chi connectivity index (χ0v) is 16.9. The molecule has 1 unspecified atom stereocenters. The highest BCUT2D eigenvalue weighted by molar-refractivity contribution is 5.79. The number of likely N-dealkylation sites (tertiary alicyclic amines) is 1.